The van der Waals surface area contributed by atoms with Crippen molar-refractivity contribution in [1.82, 2.24) is 5.32 Å². The Kier molecular flexibility index (Phi) is 3.04. The smallest absolute Gasteiger partial charge is 0.0386 e. The lowest BCUT2D eigenvalue weighted by atomic mass is 10.0. The zero-order valence-corrected chi connectivity index (χ0v) is 11.5. The van der Waals surface area contributed by atoms with Crippen molar-refractivity contribution in [2.75, 3.05) is 7.05 Å². The Labute approximate surface area is 101 Å². The lowest BCUT2D eigenvalue weighted by Crippen LogP contribution is -2.11. The summed E-state index contributed by atoms with van der Waals surface area (Å²) in [4.78, 5) is 1.46. The summed E-state index contributed by atoms with van der Waals surface area (Å²) in [5, 5.41) is 4.76. The molecule has 0 saturated heterocycles. The van der Waals surface area contributed by atoms with Crippen LogP contribution in [0.15, 0.2) is 12.1 Å². The van der Waals surface area contributed by atoms with E-state index in [0.717, 1.165) is 0 Å². The van der Waals surface area contributed by atoms with E-state index in [1.807, 2.05) is 18.4 Å². The lowest BCUT2D eigenvalue weighted by molar-refractivity contribution is 0.661. The zero-order chi connectivity index (χ0) is 11.9. The van der Waals surface area contributed by atoms with Crippen LogP contribution in [0.4, 0.5) is 0 Å². The molecule has 16 heavy (non-hydrogen) atoms. The monoisotopic (exact) mass is 233 g/mol. The SMILES string of the molecule is CNC(C)c1sc2c(C)cc(C)cc2c1C. The number of benzene rings is 1. The fraction of sp³-hybridized carbons (Fsp3) is 0.429. The van der Waals surface area contributed by atoms with Crippen LogP contribution in [0.25, 0.3) is 10.1 Å². The normalized spacial score (nSPS) is 13.3. The summed E-state index contributed by atoms with van der Waals surface area (Å²) in [5.74, 6) is 0. The number of fused-ring (bicyclic) bond motifs is 1. The second-order valence-corrected chi connectivity index (χ2v) is 5.61. The van der Waals surface area contributed by atoms with E-state index in [0.29, 0.717) is 6.04 Å². The van der Waals surface area contributed by atoms with Gasteiger partial charge in [-0.3, -0.25) is 0 Å². The van der Waals surface area contributed by atoms with Crippen LogP contribution < -0.4 is 5.32 Å². The molecule has 1 N–H and O–H groups in total. The zero-order valence-electron chi connectivity index (χ0n) is 10.6. The van der Waals surface area contributed by atoms with E-state index in [-0.39, 0.29) is 0 Å². The molecular formula is C14H19NS. The van der Waals surface area contributed by atoms with Gasteiger partial charge < -0.3 is 5.32 Å². The van der Waals surface area contributed by atoms with Crippen LogP contribution >= 0.6 is 11.3 Å². The largest absolute Gasteiger partial charge is 0.313 e. The minimum absolute atomic E-state index is 0.442. The van der Waals surface area contributed by atoms with E-state index in [1.54, 1.807) is 0 Å². The van der Waals surface area contributed by atoms with Crippen LogP contribution in [0.1, 0.15) is 34.5 Å². The average Bonchev–Trinajstić information content (AvgIpc) is 2.56. The van der Waals surface area contributed by atoms with Crippen molar-refractivity contribution in [3.63, 3.8) is 0 Å². The Morgan fingerprint density at radius 1 is 1.19 bits per heavy atom. The summed E-state index contributed by atoms with van der Waals surface area (Å²) < 4.78 is 1.44. The molecule has 1 atom stereocenters. The third kappa shape index (κ3) is 1.76. The van der Waals surface area contributed by atoms with Gasteiger partial charge in [0.1, 0.15) is 0 Å². The van der Waals surface area contributed by atoms with Gasteiger partial charge in [-0.25, -0.2) is 0 Å². The lowest BCUT2D eigenvalue weighted by Gasteiger charge is -2.08. The van der Waals surface area contributed by atoms with E-state index in [4.69, 9.17) is 0 Å². The Bertz CT molecular complexity index is 525. The molecule has 0 aliphatic heterocycles. The number of hydrogen-bond acceptors (Lipinski definition) is 2. The van der Waals surface area contributed by atoms with Crippen molar-refractivity contribution in [2.45, 2.75) is 33.7 Å². The highest BCUT2D eigenvalue weighted by Crippen LogP contribution is 2.36. The van der Waals surface area contributed by atoms with Crippen molar-refractivity contribution in [1.29, 1.82) is 0 Å². The minimum Gasteiger partial charge on any atom is -0.313 e. The van der Waals surface area contributed by atoms with E-state index in [9.17, 15) is 0 Å². The molecule has 0 spiro atoms. The van der Waals surface area contributed by atoms with Gasteiger partial charge in [0.05, 0.1) is 0 Å². The molecule has 0 saturated carbocycles. The highest BCUT2D eigenvalue weighted by molar-refractivity contribution is 7.19. The molecule has 1 aromatic heterocycles. The van der Waals surface area contributed by atoms with E-state index >= 15 is 0 Å². The molecule has 2 heteroatoms. The molecule has 86 valence electrons. The van der Waals surface area contributed by atoms with Crippen LogP contribution in [0.3, 0.4) is 0 Å². The molecule has 2 aromatic rings. The van der Waals surface area contributed by atoms with Crippen LogP contribution in [0.5, 0.6) is 0 Å². The number of nitrogens with one attached hydrogen (secondary N) is 1. The predicted molar refractivity (Wildman–Crippen MR) is 73.5 cm³/mol. The molecule has 0 fully saturated rings. The van der Waals surface area contributed by atoms with Gasteiger partial charge in [-0.2, -0.15) is 0 Å². The summed E-state index contributed by atoms with van der Waals surface area (Å²) in [6, 6.07) is 5.02. The molecular weight excluding hydrogens is 214 g/mol. The van der Waals surface area contributed by atoms with Crippen LogP contribution in [0.2, 0.25) is 0 Å². The minimum atomic E-state index is 0.442. The van der Waals surface area contributed by atoms with Gasteiger partial charge in [0.2, 0.25) is 0 Å². The first kappa shape index (κ1) is 11.6. The summed E-state index contributed by atoms with van der Waals surface area (Å²) in [7, 11) is 2.02. The molecule has 1 aromatic carbocycles. The third-order valence-electron chi connectivity index (χ3n) is 3.23. The average molecular weight is 233 g/mol. The van der Waals surface area contributed by atoms with E-state index in [2.05, 4.69) is 45.1 Å². The Balaban J connectivity index is 2.72. The molecule has 2 rings (SSSR count). The first-order valence-corrected chi connectivity index (χ1v) is 6.53. The van der Waals surface area contributed by atoms with E-state index in [1.165, 1.54) is 31.7 Å². The molecule has 0 aliphatic rings. The maximum Gasteiger partial charge on any atom is 0.0386 e. The fourth-order valence-corrected chi connectivity index (χ4v) is 3.55. The van der Waals surface area contributed by atoms with Crippen LogP contribution in [-0.2, 0) is 0 Å². The first-order valence-electron chi connectivity index (χ1n) is 5.72. The molecule has 0 aliphatic carbocycles. The van der Waals surface area contributed by atoms with Crippen molar-refractivity contribution in [2.24, 2.45) is 0 Å². The van der Waals surface area contributed by atoms with Gasteiger partial charge in [0.25, 0.3) is 0 Å². The molecule has 1 unspecified atom stereocenters. The number of rotatable bonds is 2. The first-order chi connectivity index (χ1) is 7.54. The van der Waals surface area contributed by atoms with E-state index < -0.39 is 0 Å². The van der Waals surface area contributed by atoms with Crippen LogP contribution in [0, 0.1) is 20.8 Å². The summed E-state index contributed by atoms with van der Waals surface area (Å²) in [5.41, 5.74) is 4.20. The quantitative estimate of drug-likeness (QED) is 0.823. The molecule has 0 amide bonds. The Morgan fingerprint density at radius 3 is 2.50 bits per heavy atom. The fourth-order valence-electron chi connectivity index (χ4n) is 2.23. The number of hydrogen-bond donors (Lipinski definition) is 1. The topological polar surface area (TPSA) is 12.0 Å². The van der Waals surface area contributed by atoms with Gasteiger partial charge in [0, 0.05) is 15.6 Å². The highest BCUT2D eigenvalue weighted by Gasteiger charge is 2.14. The maximum atomic E-state index is 3.33. The second kappa shape index (κ2) is 4.19. The molecule has 1 heterocycles. The number of thiophene rings is 1. The van der Waals surface area contributed by atoms with Gasteiger partial charge in [-0.15, -0.1) is 11.3 Å². The summed E-state index contributed by atoms with van der Waals surface area (Å²) in [6.45, 7) is 8.84. The van der Waals surface area contributed by atoms with Gasteiger partial charge >= 0.3 is 0 Å². The van der Waals surface area contributed by atoms with Crippen molar-refractivity contribution in [3.8, 4) is 0 Å². The second-order valence-electron chi connectivity index (χ2n) is 4.56. The molecule has 1 nitrogen and oxygen atoms in total. The Morgan fingerprint density at radius 2 is 1.88 bits per heavy atom. The third-order valence-corrected chi connectivity index (χ3v) is 4.86. The Hall–Kier alpha value is -0.860. The molecule has 0 radical (unpaired) electrons. The van der Waals surface area contributed by atoms with Crippen LogP contribution in [-0.4, -0.2) is 7.05 Å². The maximum absolute atomic E-state index is 3.33. The van der Waals surface area contributed by atoms with Crippen molar-refractivity contribution >= 4 is 21.4 Å². The van der Waals surface area contributed by atoms with Gasteiger partial charge in [-0.1, -0.05) is 17.7 Å². The number of aryl methyl sites for hydroxylation is 3. The van der Waals surface area contributed by atoms with Gasteiger partial charge in [-0.05, 0) is 51.3 Å². The van der Waals surface area contributed by atoms with Gasteiger partial charge in [0.15, 0.2) is 0 Å². The molecule has 0 bridgehead atoms. The summed E-state index contributed by atoms with van der Waals surface area (Å²) >= 11 is 1.93. The predicted octanol–water partition coefficient (Wildman–Crippen LogP) is 4.11. The summed E-state index contributed by atoms with van der Waals surface area (Å²) in [6.07, 6.45) is 0. The van der Waals surface area contributed by atoms with Crippen molar-refractivity contribution in [3.05, 3.63) is 33.7 Å². The standard InChI is InChI=1S/C14H19NS/c1-8-6-9(2)13-12(7-8)10(3)14(16-13)11(4)15-5/h6-7,11,15H,1-5H3. The van der Waals surface area contributed by atoms with Crippen molar-refractivity contribution < 1.29 is 0 Å². The highest BCUT2D eigenvalue weighted by atomic mass is 32.1.